The van der Waals surface area contributed by atoms with Gasteiger partial charge in [0.25, 0.3) is 0 Å². The molecule has 0 aromatic heterocycles. The van der Waals surface area contributed by atoms with Crippen molar-refractivity contribution in [1.29, 1.82) is 0 Å². The fraction of sp³-hybridized carbons (Fsp3) is 0.171. The Labute approximate surface area is 240 Å². The Kier molecular flexibility index (Phi) is 7.98. The summed E-state index contributed by atoms with van der Waals surface area (Å²) < 4.78 is 10.7. The van der Waals surface area contributed by atoms with E-state index in [1.807, 2.05) is 91.0 Å². The van der Waals surface area contributed by atoms with Crippen LogP contribution in [0.4, 0.5) is 0 Å². The molecule has 0 bridgehead atoms. The highest BCUT2D eigenvalue weighted by molar-refractivity contribution is 6.02. The minimum atomic E-state index is -1.66. The maximum atomic E-state index is 14.4. The van der Waals surface area contributed by atoms with Gasteiger partial charge in [-0.3, -0.25) is 14.4 Å². The number of methoxy groups -OCH3 is 2. The van der Waals surface area contributed by atoms with E-state index in [1.165, 1.54) is 0 Å². The predicted octanol–water partition coefficient (Wildman–Crippen LogP) is 6.67. The van der Waals surface area contributed by atoms with Gasteiger partial charge in [-0.1, -0.05) is 84.9 Å². The zero-order valence-corrected chi connectivity index (χ0v) is 22.9. The molecule has 6 nitrogen and oxygen atoms in total. The van der Waals surface area contributed by atoms with Crippen molar-refractivity contribution in [3.05, 3.63) is 149 Å². The van der Waals surface area contributed by atoms with Crippen LogP contribution in [-0.2, 0) is 4.79 Å². The van der Waals surface area contributed by atoms with Crippen molar-refractivity contribution < 1.29 is 19.1 Å². The maximum Gasteiger partial charge on any atom is 0.326 e. The van der Waals surface area contributed by atoms with E-state index in [2.05, 4.69) is 10.2 Å². The molecule has 1 aliphatic heterocycles. The van der Waals surface area contributed by atoms with Crippen LogP contribution < -0.4 is 14.8 Å². The Morgan fingerprint density at radius 3 is 1.98 bits per heavy atom. The smallest absolute Gasteiger partial charge is 0.326 e. The molecule has 3 unspecified atom stereocenters. The highest BCUT2D eigenvalue weighted by Gasteiger charge is 2.61. The molecule has 4 aromatic carbocycles. The first-order chi connectivity index (χ1) is 20.0. The standard InChI is InChI=1S/C35H30N2O4/c1-36-35(31(25-16-20-29(41-3)21-17-25)23-33(38)27-12-8-5-9-13-27)30(24-14-18-28(40-2)19-15-24)22-32(37-34(35)39)26-10-6-4-7-11-26/h4-22,30-31H,23H2,2-3H3,(H,37,39). The summed E-state index contributed by atoms with van der Waals surface area (Å²) >= 11 is 0. The first kappa shape index (κ1) is 27.4. The van der Waals surface area contributed by atoms with E-state index in [0.717, 1.165) is 11.1 Å². The normalized spacial score (nSPS) is 18.8. The number of nitrogens with one attached hydrogen (secondary N) is 1. The molecule has 5 rings (SSSR count). The lowest BCUT2D eigenvalue weighted by Gasteiger charge is -2.38. The first-order valence-electron chi connectivity index (χ1n) is 13.3. The van der Waals surface area contributed by atoms with E-state index >= 15 is 0 Å². The van der Waals surface area contributed by atoms with E-state index in [1.54, 1.807) is 38.5 Å². The van der Waals surface area contributed by atoms with Gasteiger partial charge in [-0.25, -0.2) is 6.57 Å². The van der Waals surface area contributed by atoms with Crippen molar-refractivity contribution in [2.45, 2.75) is 23.8 Å². The summed E-state index contributed by atoms with van der Waals surface area (Å²) in [5.74, 6) is -0.708. The summed E-state index contributed by atoms with van der Waals surface area (Å²) in [4.78, 5) is 32.2. The third-order valence-electron chi connectivity index (χ3n) is 7.70. The van der Waals surface area contributed by atoms with E-state index in [-0.39, 0.29) is 12.2 Å². The summed E-state index contributed by atoms with van der Waals surface area (Å²) in [6.45, 7) is 8.59. The minimum absolute atomic E-state index is 0.0344. The van der Waals surface area contributed by atoms with Crippen LogP contribution >= 0.6 is 0 Å². The van der Waals surface area contributed by atoms with Crippen LogP contribution in [0.2, 0.25) is 0 Å². The SMILES string of the molecule is [C-]#[N+]C1(C(CC(=O)c2ccccc2)c2ccc(OC)cc2)C(=O)NC(c2ccccc2)=CC1c1ccc(OC)cc1. The molecule has 6 heteroatoms. The fourth-order valence-electron chi connectivity index (χ4n) is 5.51. The summed E-state index contributed by atoms with van der Waals surface area (Å²) in [7, 11) is 3.17. The summed E-state index contributed by atoms with van der Waals surface area (Å²) in [6, 6.07) is 33.2. The van der Waals surface area contributed by atoms with Crippen LogP contribution in [-0.4, -0.2) is 31.4 Å². The van der Waals surface area contributed by atoms with Crippen LogP contribution in [0.5, 0.6) is 11.5 Å². The van der Waals surface area contributed by atoms with Crippen LogP contribution in [0.25, 0.3) is 10.5 Å². The number of nitrogens with zero attached hydrogens (tertiary/aromatic N) is 1. The second kappa shape index (κ2) is 11.9. The molecule has 204 valence electrons. The number of hydrogen-bond acceptors (Lipinski definition) is 4. The van der Waals surface area contributed by atoms with Gasteiger partial charge in [0.1, 0.15) is 11.5 Å². The molecule has 1 heterocycles. The number of ketones is 1. The molecule has 0 fully saturated rings. The second-order valence-corrected chi connectivity index (χ2v) is 9.91. The topological polar surface area (TPSA) is 69.0 Å². The molecule has 1 N–H and O–H groups in total. The number of ether oxygens (including phenoxy) is 2. The fourth-order valence-corrected chi connectivity index (χ4v) is 5.51. The van der Waals surface area contributed by atoms with E-state index in [4.69, 9.17) is 16.0 Å². The van der Waals surface area contributed by atoms with Crippen molar-refractivity contribution in [1.82, 2.24) is 5.32 Å². The van der Waals surface area contributed by atoms with E-state index in [9.17, 15) is 9.59 Å². The summed E-state index contributed by atoms with van der Waals surface area (Å²) in [6.07, 6.45) is 1.91. The molecule has 1 amide bonds. The van der Waals surface area contributed by atoms with Gasteiger partial charge in [0.05, 0.1) is 26.1 Å². The summed E-state index contributed by atoms with van der Waals surface area (Å²) in [5, 5.41) is 3.03. The molecule has 4 aromatic rings. The number of rotatable bonds is 9. The number of benzene rings is 4. The third kappa shape index (κ3) is 5.35. The summed E-state index contributed by atoms with van der Waals surface area (Å²) in [5.41, 5.74) is 1.81. The van der Waals surface area contributed by atoms with E-state index in [0.29, 0.717) is 28.3 Å². The molecule has 0 spiro atoms. The quantitative estimate of drug-likeness (QED) is 0.189. The average molecular weight is 543 g/mol. The van der Waals surface area contributed by atoms with Crippen molar-refractivity contribution in [3.8, 4) is 11.5 Å². The Morgan fingerprint density at radius 2 is 1.41 bits per heavy atom. The molecule has 0 saturated heterocycles. The van der Waals surface area contributed by atoms with Gasteiger partial charge in [0.15, 0.2) is 5.78 Å². The van der Waals surface area contributed by atoms with Gasteiger partial charge in [0.2, 0.25) is 0 Å². The van der Waals surface area contributed by atoms with Crippen molar-refractivity contribution in [3.63, 3.8) is 0 Å². The monoisotopic (exact) mass is 542 g/mol. The zero-order valence-electron chi connectivity index (χ0n) is 22.9. The minimum Gasteiger partial charge on any atom is -0.497 e. The molecule has 0 radical (unpaired) electrons. The van der Waals surface area contributed by atoms with Gasteiger partial charge in [-0.05, 0) is 47.0 Å². The highest BCUT2D eigenvalue weighted by atomic mass is 16.5. The number of carbonyl (C=O) groups excluding carboxylic acids is 2. The third-order valence-corrected chi connectivity index (χ3v) is 7.70. The van der Waals surface area contributed by atoms with Crippen molar-refractivity contribution in [2.75, 3.05) is 14.2 Å². The Balaban J connectivity index is 1.71. The van der Waals surface area contributed by atoms with Crippen molar-refractivity contribution >= 4 is 17.4 Å². The number of Topliss-reactive ketones (excluding diaryl/α,β-unsaturated/α-hetero) is 1. The second-order valence-electron chi connectivity index (χ2n) is 9.91. The van der Waals surface area contributed by atoms with Gasteiger partial charge < -0.3 is 14.8 Å². The van der Waals surface area contributed by atoms with Gasteiger partial charge in [-0.15, -0.1) is 0 Å². The first-order valence-corrected chi connectivity index (χ1v) is 13.3. The number of amides is 1. The lowest BCUT2D eigenvalue weighted by atomic mass is 9.64. The van der Waals surface area contributed by atoms with Gasteiger partial charge in [-0.2, -0.15) is 0 Å². The van der Waals surface area contributed by atoms with Crippen LogP contribution in [0, 0.1) is 6.57 Å². The largest absolute Gasteiger partial charge is 0.497 e. The Hall–Kier alpha value is -5.15. The van der Waals surface area contributed by atoms with Crippen LogP contribution in [0.3, 0.4) is 0 Å². The lowest BCUT2D eigenvalue weighted by Crippen LogP contribution is -2.55. The highest BCUT2D eigenvalue weighted by Crippen LogP contribution is 2.49. The molecule has 41 heavy (non-hydrogen) atoms. The molecule has 1 aliphatic rings. The van der Waals surface area contributed by atoms with Gasteiger partial charge >= 0.3 is 11.4 Å². The number of hydrogen-bond donors (Lipinski definition) is 1. The Bertz CT molecular complexity index is 1590. The molecule has 0 aliphatic carbocycles. The van der Waals surface area contributed by atoms with Crippen LogP contribution in [0.15, 0.2) is 115 Å². The predicted molar refractivity (Wildman–Crippen MR) is 159 cm³/mol. The van der Waals surface area contributed by atoms with Crippen LogP contribution in [0.1, 0.15) is 45.3 Å². The average Bonchev–Trinajstić information content (AvgIpc) is 3.04. The van der Waals surface area contributed by atoms with E-state index < -0.39 is 23.3 Å². The number of carbonyl (C=O) groups is 2. The van der Waals surface area contributed by atoms with Crippen molar-refractivity contribution in [2.24, 2.45) is 0 Å². The maximum absolute atomic E-state index is 14.4. The molecule has 0 saturated carbocycles. The molecule has 3 atom stereocenters. The molecular weight excluding hydrogens is 512 g/mol. The zero-order chi connectivity index (χ0) is 28.8. The lowest BCUT2D eigenvalue weighted by molar-refractivity contribution is -0.125. The van der Waals surface area contributed by atoms with Gasteiger partial charge in [0, 0.05) is 17.7 Å². The molecular formula is C35H30N2O4. The Morgan fingerprint density at radius 1 is 0.854 bits per heavy atom.